The summed E-state index contributed by atoms with van der Waals surface area (Å²) in [7, 11) is 0. The van der Waals surface area contributed by atoms with Crippen LogP contribution in [0.2, 0.25) is 0 Å². The second kappa shape index (κ2) is 9.69. The van der Waals surface area contributed by atoms with Crippen LogP contribution in [0, 0.1) is 5.92 Å². The van der Waals surface area contributed by atoms with E-state index < -0.39 is 0 Å². The topological polar surface area (TPSA) is 63.7 Å². The number of anilines is 2. The van der Waals surface area contributed by atoms with Gasteiger partial charge in [-0.1, -0.05) is 19.1 Å². The molecule has 2 aromatic carbocycles. The highest BCUT2D eigenvalue weighted by Crippen LogP contribution is 2.28. The molecule has 0 aliphatic carbocycles. The Balaban J connectivity index is 1.43. The molecule has 1 saturated heterocycles. The Kier molecular flexibility index (Phi) is 6.55. The van der Waals surface area contributed by atoms with Crippen molar-refractivity contribution in [3.8, 4) is 11.5 Å². The molecule has 1 aliphatic rings. The minimum absolute atomic E-state index is 0.0843. The fraction of sp³-hybridized carbons (Fsp3) is 0.360. The molecule has 1 unspecified atom stereocenters. The van der Waals surface area contributed by atoms with Gasteiger partial charge in [0.25, 0.3) is 5.91 Å². The van der Waals surface area contributed by atoms with Gasteiger partial charge >= 0.3 is 0 Å². The second-order valence-corrected chi connectivity index (χ2v) is 7.98. The van der Waals surface area contributed by atoms with Crippen molar-refractivity contribution in [1.29, 1.82) is 0 Å². The molecule has 1 aromatic heterocycles. The summed E-state index contributed by atoms with van der Waals surface area (Å²) in [5.74, 6) is 2.81. The van der Waals surface area contributed by atoms with E-state index in [0.717, 1.165) is 35.6 Å². The lowest BCUT2D eigenvalue weighted by Gasteiger charge is -2.32. The Hall–Kier alpha value is -3.28. The zero-order valence-corrected chi connectivity index (χ0v) is 18.1. The van der Waals surface area contributed by atoms with Crippen LogP contribution in [0.15, 0.2) is 54.6 Å². The molecule has 1 fully saturated rings. The average Bonchev–Trinajstić information content (AvgIpc) is 2.79. The van der Waals surface area contributed by atoms with Crippen LogP contribution in [0.5, 0.6) is 11.5 Å². The summed E-state index contributed by atoms with van der Waals surface area (Å²) in [6.45, 7) is 6.79. The first kappa shape index (κ1) is 21.0. The Morgan fingerprint density at radius 3 is 2.74 bits per heavy atom. The molecule has 0 radical (unpaired) electrons. The molecule has 31 heavy (non-hydrogen) atoms. The smallest absolute Gasteiger partial charge is 0.262 e. The minimum Gasteiger partial charge on any atom is -0.494 e. The first-order valence-corrected chi connectivity index (χ1v) is 10.9. The van der Waals surface area contributed by atoms with E-state index in [9.17, 15) is 4.79 Å². The maximum atomic E-state index is 12.4. The molecule has 2 heterocycles. The van der Waals surface area contributed by atoms with Crippen molar-refractivity contribution in [1.82, 2.24) is 4.98 Å². The van der Waals surface area contributed by atoms with E-state index in [1.165, 1.54) is 12.8 Å². The summed E-state index contributed by atoms with van der Waals surface area (Å²) in [4.78, 5) is 19.6. The second-order valence-electron chi connectivity index (χ2n) is 7.98. The van der Waals surface area contributed by atoms with Crippen LogP contribution in [0.4, 0.5) is 11.5 Å². The first-order chi connectivity index (χ1) is 15.1. The number of benzene rings is 2. The molecular formula is C25H29N3O3. The number of nitrogens with zero attached hydrogens (tertiary/aromatic N) is 2. The van der Waals surface area contributed by atoms with Crippen LogP contribution >= 0.6 is 0 Å². The molecular weight excluding hydrogens is 390 g/mol. The fourth-order valence-corrected chi connectivity index (χ4v) is 3.94. The van der Waals surface area contributed by atoms with Crippen LogP contribution in [-0.2, 0) is 4.79 Å². The van der Waals surface area contributed by atoms with Gasteiger partial charge in [-0.3, -0.25) is 4.79 Å². The number of carbonyl (C=O) groups is 1. The molecule has 1 aliphatic heterocycles. The highest BCUT2D eigenvalue weighted by molar-refractivity contribution is 5.92. The van der Waals surface area contributed by atoms with Gasteiger partial charge in [0.15, 0.2) is 6.61 Å². The van der Waals surface area contributed by atoms with Gasteiger partial charge in [-0.25, -0.2) is 4.98 Å². The van der Waals surface area contributed by atoms with Crippen LogP contribution in [0.3, 0.4) is 0 Å². The van der Waals surface area contributed by atoms with E-state index in [2.05, 4.69) is 29.3 Å². The number of fused-ring (bicyclic) bond motifs is 1. The molecule has 3 aromatic rings. The fourth-order valence-electron chi connectivity index (χ4n) is 3.94. The van der Waals surface area contributed by atoms with E-state index in [4.69, 9.17) is 14.5 Å². The third-order valence-electron chi connectivity index (χ3n) is 5.46. The van der Waals surface area contributed by atoms with Crippen molar-refractivity contribution in [2.24, 2.45) is 5.92 Å². The number of amides is 1. The number of ether oxygens (including phenoxy) is 2. The lowest BCUT2D eigenvalue weighted by atomic mass is 10.0. The largest absolute Gasteiger partial charge is 0.494 e. The molecule has 0 saturated carbocycles. The summed E-state index contributed by atoms with van der Waals surface area (Å²) in [5, 5.41) is 3.85. The van der Waals surface area contributed by atoms with E-state index >= 15 is 0 Å². The highest BCUT2D eigenvalue weighted by atomic mass is 16.5. The monoisotopic (exact) mass is 419 g/mol. The summed E-state index contributed by atoms with van der Waals surface area (Å²) in [6.07, 6.45) is 2.45. The van der Waals surface area contributed by atoms with Gasteiger partial charge in [0.1, 0.15) is 22.8 Å². The van der Waals surface area contributed by atoms with Gasteiger partial charge < -0.3 is 19.7 Å². The zero-order valence-electron chi connectivity index (χ0n) is 18.1. The zero-order chi connectivity index (χ0) is 21.6. The highest BCUT2D eigenvalue weighted by Gasteiger charge is 2.18. The number of hydrogen-bond donors (Lipinski definition) is 1. The third kappa shape index (κ3) is 5.26. The van der Waals surface area contributed by atoms with Gasteiger partial charge in [0, 0.05) is 24.2 Å². The van der Waals surface area contributed by atoms with E-state index in [1.54, 1.807) is 0 Å². The third-order valence-corrected chi connectivity index (χ3v) is 5.46. The average molecular weight is 420 g/mol. The molecule has 1 amide bonds. The summed E-state index contributed by atoms with van der Waals surface area (Å²) >= 11 is 0. The molecule has 0 bridgehead atoms. The normalized spacial score (nSPS) is 16.2. The molecule has 6 heteroatoms. The predicted octanol–water partition coefficient (Wildman–Crippen LogP) is 4.89. The number of para-hydroxylation sites is 1. The van der Waals surface area contributed by atoms with Crippen molar-refractivity contribution >= 4 is 28.3 Å². The number of piperidine rings is 1. The quantitative estimate of drug-likeness (QED) is 0.591. The van der Waals surface area contributed by atoms with E-state index in [0.29, 0.717) is 24.0 Å². The van der Waals surface area contributed by atoms with Gasteiger partial charge in [-0.2, -0.15) is 0 Å². The number of aromatic nitrogens is 1. The van der Waals surface area contributed by atoms with Gasteiger partial charge in [0.2, 0.25) is 0 Å². The van der Waals surface area contributed by atoms with Crippen LogP contribution in [0.1, 0.15) is 26.7 Å². The Morgan fingerprint density at radius 2 is 1.97 bits per heavy atom. The minimum atomic E-state index is -0.220. The van der Waals surface area contributed by atoms with E-state index in [1.807, 2.05) is 49.4 Å². The van der Waals surface area contributed by atoms with Crippen molar-refractivity contribution < 1.29 is 14.3 Å². The standard InChI is InChI=1S/C25H29N3O3/c1-3-30-21-12-10-20(11-13-21)26-24(29)17-31-22-8-4-7-19-9-14-23(27-25(19)22)28-15-5-6-18(2)16-28/h4,7-14,18H,3,5-6,15-17H2,1-2H3,(H,26,29). The van der Waals surface area contributed by atoms with Crippen LogP contribution in [0.25, 0.3) is 10.9 Å². The van der Waals surface area contributed by atoms with Gasteiger partial charge in [-0.05, 0) is 68.1 Å². The maximum Gasteiger partial charge on any atom is 0.262 e. The Bertz CT molecular complexity index is 1040. The molecule has 162 valence electrons. The molecule has 1 N–H and O–H groups in total. The number of pyridine rings is 1. The van der Waals surface area contributed by atoms with Crippen molar-refractivity contribution in [2.45, 2.75) is 26.7 Å². The van der Waals surface area contributed by atoms with Crippen molar-refractivity contribution in [3.63, 3.8) is 0 Å². The van der Waals surface area contributed by atoms with Gasteiger partial charge in [-0.15, -0.1) is 0 Å². The van der Waals surface area contributed by atoms with Gasteiger partial charge in [0.05, 0.1) is 6.61 Å². The molecule has 0 spiro atoms. The molecule has 4 rings (SSSR count). The van der Waals surface area contributed by atoms with Crippen molar-refractivity contribution in [3.05, 3.63) is 54.6 Å². The lowest BCUT2D eigenvalue weighted by Crippen LogP contribution is -2.34. The first-order valence-electron chi connectivity index (χ1n) is 10.9. The van der Waals surface area contributed by atoms with Crippen molar-refractivity contribution in [2.75, 3.05) is 36.5 Å². The number of rotatable bonds is 7. The lowest BCUT2D eigenvalue weighted by molar-refractivity contribution is -0.118. The number of hydrogen-bond acceptors (Lipinski definition) is 5. The van der Waals surface area contributed by atoms with Crippen LogP contribution < -0.4 is 19.7 Å². The molecule has 6 nitrogen and oxygen atoms in total. The molecule has 1 atom stereocenters. The number of carbonyl (C=O) groups excluding carboxylic acids is 1. The summed E-state index contributed by atoms with van der Waals surface area (Å²) < 4.78 is 11.3. The van der Waals surface area contributed by atoms with E-state index in [-0.39, 0.29) is 12.5 Å². The summed E-state index contributed by atoms with van der Waals surface area (Å²) in [5.41, 5.74) is 1.49. The summed E-state index contributed by atoms with van der Waals surface area (Å²) in [6, 6.07) is 17.2. The maximum absolute atomic E-state index is 12.4. The Labute approximate surface area is 183 Å². The SMILES string of the molecule is CCOc1ccc(NC(=O)COc2cccc3ccc(N4CCCC(C)C4)nc23)cc1. The van der Waals surface area contributed by atoms with Crippen LogP contribution in [-0.4, -0.2) is 37.2 Å². The number of nitrogens with one attached hydrogen (secondary N) is 1. The Morgan fingerprint density at radius 1 is 1.13 bits per heavy atom. The predicted molar refractivity (Wildman–Crippen MR) is 124 cm³/mol.